The van der Waals surface area contributed by atoms with Crippen LogP contribution in [0.15, 0.2) is 64.5 Å². The third-order valence-electron chi connectivity index (χ3n) is 4.53. The van der Waals surface area contributed by atoms with E-state index in [1.165, 1.54) is 11.8 Å². The fraction of sp³-hybridized carbons (Fsp3) is 0.261. The number of aromatic amines is 1. The van der Waals surface area contributed by atoms with E-state index in [9.17, 15) is 9.59 Å². The molecule has 0 saturated heterocycles. The minimum absolute atomic E-state index is 0.178. The topological polar surface area (TPSA) is 84.1 Å². The lowest BCUT2D eigenvalue weighted by atomic mass is 10.1. The molecule has 0 aliphatic carbocycles. The van der Waals surface area contributed by atoms with Crippen molar-refractivity contribution in [3.63, 3.8) is 0 Å². The fourth-order valence-electron chi connectivity index (χ4n) is 2.96. The normalized spacial score (nSPS) is 11.7. The summed E-state index contributed by atoms with van der Waals surface area (Å²) in [6, 6.07) is 17.1. The molecule has 7 heteroatoms. The number of nitrogens with zero attached hydrogens (tertiary/aromatic N) is 1. The molecule has 0 aliphatic rings. The van der Waals surface area contributed by atoms with Crippen molar-refractivity contribution >= 4 is 23.4 Å². The van der Waals surface area contributed by atoms with Gasteiger partial charge < -0.3 is 15.0 Å². The summed E-state index contributed by atoms with van der Waals surface area (Å²) in [5.74, 6) is 0.430. The summed E-state index contributed by atoms with van der Waals surface area (Å²) in [5, 5.41) is 2.85. The third-order valence-corrected chi connectivity index (χ3v) is 5.51. The van der Waals surface area contributed by atoms with Gasteiger partial charge >= 0.3 is 0 Å². The van der Waals surface area contributed by atoms with E-state index in [-0.39, 0.29) is 11.5 Å². The smallest absolute Gasteiger partial charge is 0.255 e. The lowest BCUT2D eigenvalue weighted by molar-refractivity contribution is -0.115. The number of rotatable bonds is 8. The molecule has 1 heterocycles. The molecule has 0 fully saturated rings. The van der Waals surface area contributed by atoms with Crippen molar-refractivity contribution in [3.8, 4) is 5.75 Å². The molecule has 1 atom stereocenters. The highest BCUT2D eigenvalue weighted by molar-refractivity contribution is 8.00. The predicted molar refractivity (Wildman–Crippen MR) is 120 cm³/mol. The molecule has 0 radical (unpaired) electrons. The SMILES string of the molecule is CCOc1ccccc1NC(=O)C(C)Sc1nc(C)c(Cc2ccccc2)c(=O)[nH]1. The number of para-hydroxylation sites is 2. The molecule has 0 spiro atoms. The third kappa shape index (κ3) is 5.51. The van der Waals surface area contributed by atoms with Crippen molar-refractivity contribution in [1.29, 1.82) is 0 Å². The van der Waals surface area contributed by atoms with E-state index in [2.05, 4.69) is 15.3 Å². The molecule has 3 rings (SSSR count). The van der Waals surface area contributed by atoms with Gasteiger partial charge in [-0.25, -0.2) is 4.98 Å². The van der Waals surface area contributed by atoms with E-state index in [0.29, 0.717) is 40.9 Å². The number of aryl methyl sites for hydroxylation is 1. The monoisotopic (exact) mass is 423 g/mol. The quantitative estimate of drug-likeness (QED) is 0.419. The highest BCUT2D eigenvalue weighted by Crippen LogP contribution is 2.26. The number of nitrogens with one attached hydrogen (secondary N) is 2. The second kappa shape index (κ2) is 10.1. The van der Waals surface area contributed by atoms with Gasteiger partial charge in [-0.2, -0.15) is 0 Å². The Bertz CT molecular complexity index is 1070. The minimum atomic E-state index is -0.456. The first-order valence-electron chi connectivity index (χ1n) is 9.81. The van der Waals surface area contributed by atoms with Crippen LogP contribution in [0.5, 0.6) is 5.75 Å². The van der Waals surface area contributed by atoms with E-state index in [1.807, 2.05) is 62.4 Å². The second-order valence-electron chi connectivity index (χ2n) is 6.78. The van der Waals surface area contributed by atoms with Crippen LogP contribution < -0.4 is 15.6 Å². The molecule has 30 heavy (non-hydrogen) atoms. The van der Waals surface area contributed by atoms with E-state index in [1.54, 1.807) is 13.0 Å². The Hall–Kier alpha value is -3.06. The molecule has 0 saturated carbocycles. The minimum Gasteiger partial charge on any atom is -0.492 e. The van der Waals surface area contributed by atoms with Crippen molar-refractivity contribution in [1.82, 2.24) is 9.97 Å². The molecule has 1 unspecified atom stereocenters. The summed E-state index contributed by atoms with van der Waals surface area (Å²) in [5.41, 5.74) is 2.79. The maximum atomic E-state index is 12.6. The molecule has 6 nitrogen and oxygen atoms in total. The van der Waals surface area contributed by atoms with Gasteiger partial charge in [0.2, 0.25) is 5.91 Å². The number of anilines is 1. The van der Waals surface area contributed by atoms with Crippen molar-refractivity contribution in [2.45, 2.75) is 37.6 Å². The first-order valence-corrected chi connectivity index (χ1v) is 10.7. The van der Waals surface area contributed by atoms with E-state index in [4.69, 9.17) is 4.74 Å². The van der Waals surface area contributed by atoms with Crippen molar-refractivity contribution in [2.24, 2.45) is 0 Å². The Morgan fingerprint density at radius 1 is 1.17 bits per heavy atom. The van der Waals surface area contributed by atoms with Gasteiger partial charge in [-0.3, -0.25) is 9.59 Å². The summed E-state index contributed by atoms with van der Waals surface area (Å²) < 4.78 is 5.55. The van der Waals surface area contributed by atoms with Crippen LogP contribution in [0.3, 0.4) is 0 Å². The summed E-state index contributed by atoms with van der Waals surface area (Å²) in [6.07, 6.45) is 0.518. The highest BCUT2D eigenvalue weighted by Gasteiger charge is 2.19. The van der Waals surface area contributed by atoms with Crippen molar-refractivity contribution in [3.05, 3.63) is 81.8 Å². The maximum Gasteiger partial charge on any atom is 0.255 e. The molecule has 2 aromatic carbocycles. The maximum absolute atomic E-state index is 12.6. The number of hydrogen-bond donors (Lipinski definition) is 2. The molecular formula is C23H25N3O3S. The average molecular weight is 424 g/mol. The zero-order valence-corrected chi connectivity index (χ0v) is 18.1. The van der Waals surface area contributed by atoms with Gasteiger partial charge in [-0.1, -0.05) is 54.2 Å². The van der Waals surface area contributed by atoms with Gasteiger partial charge in [0.25, 0.3) is 5.56 Å². The molecule has 0 aliphatic heterocycles. The highest BCUT2D eigenvalue weighted by atomic mass is 32.2. The number of H-pyrrole nitrogens is 1. The number of aromatic nitrogens is 2. The van der Waals surface area contributed by atoms with E-state index in [0.717, 1.165) is 5.56 Å². The molecule has 1 amide bonds. The lowest BCUT2D eigenvalue weighted by Crippen LogP contribution is -2.24. The zero-order valence-electron chi connectivity index (χ0n) is 17.3. The van der Waals surface area contributed by atoms with Gasteiger partial charge in [-0.15, -0.1) is 0 Å². The number of carbonyl (C=O) groups is 1. The number of thioether (sulfide) groups is 1. The molecule has 3 aromatic rings. The number of amides is 1. The van der Waals surface area contributed by atoms with Crippen LogP contribution in [0.2, 0.25) is 0 Å². The molecular weight excluding hydrogens is 398 g/mol. The molecule has 156 valence electrons. The van der Waals surface area contributed by atoms with Crippen molar-refractivity contribution in [2.75, 3.05) is 11.9 Å². The molecule has 1 aromatic heterocycles. The van der Waals surface area contributed by atoms with Crippen LogP contribution in [0.1, 0.15) is 30.7 Å². The van der Waals surface area contributed by atoms with Gasteiger partial charge in [0.05, 0.1) is 17.5 Å². The van der Waals surface area contributed by atoms with Gasteiger partial charge in [0.1, 0.15) is 5.75 Å². The Morgan fingerprint density at radius 2 is 1.87 bits per heavy atom. The molecule has 0 bridgehead atoms. The molecule has 2 N–H and O–H groups in total. The Kier molecular flexibility index (Phi) is 7.30. The van der Waals surface area contributed by atoms with Crippen LogP contribution in [0.25, 0.3) is 0 Å². The first-order chi connectivity index (χ1) is 14.5. The lowest BCUT2D eigenvalue weighted by Gasteiger charge is -2.15. The first kappa shape index (κ1) is 21.6. The van der Waals surface area contributed by atoms with Crippen LogP contribution in [0.4, 0.5) is 5.69 Å². The van der Waals surface area contributed by atoms with Gasteiger partial charge in [0, 0.05) is 17.7 Å². The average Bonchev–Trinajstić information content (AvgIpc) is 2.73. The summed E-state index contributed by atoms with van der Waals surface area (Å²) in [7, 11) is 0. The largest absolute Gasteiger partial charge is 0.492 e. The van der Waals surface area contributed by atoms with Crippen molar-refractivity contribution < 1.29 is 9.53 Å². The Labute approximate surface area is 180 Å². The summed E-state index contributed by atoms with van der Waals surface area (Å²) in [4.78, 5) is 32.6. The van der Waals surface area contributed by atoms with Crippen LogP contribution in [0, 0.1) is 6.92 Å². The number of hydrogen-bond acceptors (Lipinski definition) is 5. The fourth-order valence-corrected chi connectivity index (χ4v) is 3.80. The standard InChI is InChI=1S/C23H25N3O3S/c1-4-29-20-13-9-8-12-19(20)25-21(27)16(3)30-23-24-15(2)18(22(28)26-23)14-17-10-6-5-7-11-17/h5-13,16H,4,14H2,1-3H3,(H,25,27)(H,24,26,28). The van der Waals surface area contributed by atoms with Crippen LogP contribution in [-0.2, 0) is 11.2 Å². The van der Waals surface area contributed by atoms with Crippen LogP contribution >= 0.6 is 11.8 Å². The van der Waals surface area contributed by atoms with Gasteiger partial charge in [0.15, 0.2) is 5.16 Å². The number of benzene rings is 2. The second-order valence-corrected chi connectivity index (χ2v) is 8.11. The summed E-state index contributed by atoms with van der Waals surface area (Å²) in [6.45, 7) is 6.00. The number of ether oxygens (including phenoxy) is 1. The predicted octanol–water partition coefficient (Wildman–Crippen LogP) is 4.19. The van der Waals surface area contributed by atoms with E-state index < -0.39 is 5.25 Å². The van der Waals surface area contributed by atoms with Crippen LogP contribution in [-0.4, -0.2) is 27.7 Å². The van der Waals surface area contributed by atoms with E-state index >= 15 is 0 Å². The zero-order chi connectivity index (χ0) is 21.5. The number of carbonyl (C=O) groups excluding carboxylic acids is 1. The Morgan fingerprint density at radius 3 is 2.57 bits per heavy atom. The summed E-state index contributed by atoms with van der Waals surface area (Å²) >= 11 is 1.21. The Balaban J connectivity index is 1.70. The van der Waals surface area contributed by atoms with Gasteiger partial charge in [-0.05, 0) is 38.5 Å².